The number of piperidine rings is 1. The Bertz CT molecular complexity index is 911. The number of nitrogens with one attached hydrogen (secondary N) is 1. The smallest absolute Gasteiger partial charge is 0.227 e. The zero-order chi connectivity index (χ0) is 17.4. The first-order valence-corrected chi connectivity index (χ1v) is 8.75. The summed E-state index contributed by atoms with van der Waals surface area (Å²) in [5, 5.41) is 5.16. The molecule has 1 saturated heterocycles. The van der Waals surface area contributed by atoms with Crippen molar-refractivity contribution in [3.8, 4) is 0 Å². The Morgan fingerprint density at radius 2 is 2.28 bits per heavy atom. The van der Waals surface area contributed by atoms with Gasteiger partial charge in [0, 0.05) is 43.0 Å². The van der Waals surface area contributed by atoms with E-state index in [-0.39, 0.29) is 11.8 Å². The van der Waals surface area contributed by atoms with E-state index in [1.807, 2.05) is 11.1 Å². The van der Waals surface area contributed by atoms with Gasteiger partial charge in [-0.25, -0.2) is 0 Å². The molecule has 0 saturated carbocycles. The summed E-state index contributed by atoms with van der Waals surface area (Å²) in [6.07, 6.45) is 4.33. The van der Waals surface area contributed by atoms with Crippen LogP contribution in [0.4, 0.5) is 0 Å². The molecule has 6 nitrogen and oxygen atoms in total. The summed E-state index contributed by atoms with van der Waals surface area (Å²) in [4.78, 5) is 22.3. The number of carbonyl (C=O) groups excluding carboxylic acids is 1. The Morgan fingerprint density at radius 1 is 1.40 bits per heavy atom. The first-order chi connectivity index (χ1) is 12.1. The van der Waals surface area contributed by atoms with Gasteiger partial charge >= 0.3 is 0 Å². The monoisotopic (exact) mass is 338 g/mol. The van der Waals surface area contributed by atoms with Crippen molar-refractivity contribution in [2.45, 2.75) is 39.0 Å². The molecule has 1 atom stereocenters. The van der Waals surface area contributed by atoms with Crippen LogP contribution in [0.5, 0.6) is 0 Å². The van der Waals surface area contributed by atoms with Crippen LogP contribution < -0.4 is 0 Å². The van der Waals surface area contributed by atoms with Gasteiger partial charge in [0.05, 0.1) is 6.42 Å². The van der Waals surface area contributed by atoms with E-state index in [0.29, 0.717) is 18.9 Å². The van der Waals surface area contributed by atoms with E-state index >= 15 is 0 Å². The zero-order valence-electron chi connectivity index (χ0n) is 14.6. The average molecular weight is 338 g/mol. The minimum absolute atomic E-state index is 0.159. The molecule has 3 aromatic rings. The minimum atomic E-state index is 0.159. The van der Waals surface area contributed by atoms with E-state index in [1.165, 1.54) is 5.56 Å². The highest BCUT2D eigenvalue weighted by molar-refractivity contribution is 5.89. The number of nitrogens with zero attached hydrogens (tertiary/aromatic N) is 3. The molecule has 0 spiro atoms. The van der Waals surface area contributed by atoms with Crippen LogP contribution in [0.3, 0.4) is 0 Å². The van der Waals surface area contributed by atoms with Crippen molar-refractivity contribution in [2.24, 2.45) is 0 Å². The molecule has 0 bridgehead atoms. The predicted molar refractivity (Wildman–Crippen MR) is 94.3 cm³/mol. The Morgan fingerprint density at radius 3 is 3.08 bits per heavy atom. The van der Waals surface area contributed by atoms with Crippen LogP contribution in [0.1, 0.15) is 41.6 Å². The summed E-state index contributed by atoms with van der Waals surface area (Å²) in [7, 11) is 0. The summed E-state index contributed by atoms with van der Waals surface area (Å²) >= 11 is 0. The molecule has 1 N–H and O–H groups in total. The molecule has 1 aliphatic rings. The third-order valence-electron chi connectivity index (χ3n) is 4.95. The lowest BCUT2D eigenvalue weighted by Gasteiger charge is -2.31. The van der Waals surface area contributed by atoms with E-state index in [9.17, 15) is 4.79 Å². The van der Waals surface area contributed by atoms with Crippen molar-refractivity contribution in [2.75, 3.05) is 13.1 Å². The maximum absolute atomic E-state index is 12.8. The third kappa shape index (κ3) is 3.16. The number of aromatic amines is 1. The van der Waals surface area contributed by atoms with E-state index in [2.05, 4.69) is 40.2 Å². The molecule has 2 aromatic heterocycles. The first-order valence-electron chi connectivity index (χ1n) is 8.75. The van der Waals surface area contributed by atoms with Gasteiger partial charge in [-0.05, 0) is 37.0 Å². The molecule has 25 heavy (non-hydrogen) atoms. The molecule has 1 aromatic carbocycles. The van der Waals surface area contributed by atoms with E-state index < -0.39 is 0 Å². The molecule has 130 valence electrons. The second-order valence-electron chi connectivity index (χ2n) is 6.89. The van der Waals surface area contributed by atoms with Crippen molar-refractivity contribution in [3.05, 3.63) is 47.2 Å². The number of aromatic nitrogens is 3. The van der Waals surface area contributed by atoms with Crippen LogP contribution in [0.25, 0.3) is 10.9 Å². The van der Waals surface area contributed by atoms with Crippen molar-refractivity contribution in [3.63, 3.8) is 0 Å². The second-order valence-corrected chi connectivity index (χ2v) is 6.89. The van der Waals surface area contributed by atoms with Crippen LogP contribution in [-0.2, 0) is 11.2 Å². The topological polar surface area (TPSA) is 75.0 Å². The summed E-state index contributed by atoms with van der Waals surface area (Å²) in [6, 6.07) is 6.28. The molecular weight excluding hydrogens is 316 g/mol. The number of likely N-dealkylation sites (tertiary alicyclic amines) is 1. The highest BCUT2D eigenvalue weighted by atomic mass is 16.5. The van der Waals surface area contributed by atoms with Gasteiger partial charge in [-0.15, -0.1) is 0 Å². The van der Waals surface area contributed by atoms with Gasteiger partial charge in [-0.3, -0.25) is 4.79 Å². The molecule has 1 amide bonds. The number of rotatable bonds is 3. The second kappa shape index (κ2) is 6.35. The van der Waals surface area contributed by atoms with E-state index in [0.717, 1.165) is 41.7 Å². The largest absolute Gasteiger partial charge is 0.361 e. The summed E-state index contributed by atoms with van der Waals surface area (Å²) in [5.74, 6) is 1.62. The fourth-order valence-corrected chi connectivity index (χ4v) is 3.62. The fraction of sp³-hybridized carbons (Fsp3) is 0.421. The average Bonchev–Trinajstić information content (AvgIpc) is 3.21. The number of hydrogen-bond acceptors (Lipinski definition) is 4. The molecule has 1 fully saturated rings. The Kier molecular flexibility index (Phi) is 4.03. The molecular formula is C19H22N4O2. The summed E-state index contributed by atoms with van der Waals surface area (Å²) in [5.41, 5.74) is 3.35. The zero-order valence-corrected chi connectivity index (χ0v) is 14.6. The fourth-order valence-electron chi connectivity index (χ4n) is 3.62. The molecule has 0 unspecified atom stereocenters. The molecule has 0 aliphatic carbocycles. The maximum Gasteiger partial charge on any atom is 0.227 e. The number of aryl methyl sites for hydroxylation is 2. The molecule has 3 heterocycles. The van der Waals surface area contributed by atoms with Gasteiger partial charge in [0.25, 0.3) is 0 Å². The molecule has 6 heteroatoms. The van der Waals surface area contributed by atoms with Crippen molar-refractivity contribution >= 4 is 16.8 Å². The number of fused-ring (bicyclic) bond motifs is 1. The lowest BCUT2D eigenvalue weighted by Crippen LogP contribution is -2.40. The summed E-state index contributed by atoms with van der Waals surface area (Å²) in [6.45, 7) is 5.33. The van der Waals surface area contributed by atoms with Gasteiger partial charge in [0.2, 0.25) is 11.8 Å². The van der Waals surface area contributed by atoms with Gasteiger partial charge in [0.15, 0.2) is 5.82 Å². The highest BCUT2D eigenvalue weighted by Gasteiger charge is 2.28. The van der Waals surface area contributed by atoms with Gasteiger partial charge in [-0.1, -0.05) is 17.3 Å². The van der Waals surface area contributed by atoms with Crippen LogP contribution in [0, 0.1) is 13.8 Å². The summed E-state index contributed by atoms with van der Waals surface area (Å²) < 4.78 is 5.09. The van der Waals surface area contributed by atoms with Crippen LogP contribution in [-0.4, -0.2) is 39.0 Å². The number of amides is 1. The highest BCUT2D eigenvalue weighted by Crippen LogP contribution is 2.26. The van der Waals surface area contributed by atoms with Crippen LogP contribution in [0.15, 0.2) is 28.9 Å². The van der Waals surface area contributed by atoms with Gasteiger partial charge in [-0.2, -0.15) is 4.98 Å². The van der Waals surface area contributed by atoms with Gasteiger partial charge < -0.3 is 14.4 Å². The lowest BCUT2D eigenvalue weighted by atomic mass is 9.96. The number of H-pyrrole nitrogens is 1. The van der Waals surface area contributed by atoms with Gasteiger partial charge in [0.1, 0.15) is 0 Å². The van der Waals surface area contributed by atoms with E-state index in [1.54, 1.807) is 6.92 Å². The molecule has 0 radical (unpaired) electrons. The Labute approximate surface area is 146 Å². The van der Waals surface area contributed by atoms with Crippen molar-refractivity contribution in [1.82, 2.24) is 20.0 Å². The Hall–Kier alpha value is -2.63. The normalized spacial score (nSPS) is 18.0. The number of benzene rings is 1. The first kappa shape index (κ1) is 15.9. The number of carbonyl (C=O) groups is 1. The maximum atomic E-state index is 12.8. The predicted octanol–water partition coefficient (Wildman–Crippen LogP) is 3.12. The SMILES string of the molecule is Cc1ccc2c(CC(=O)N3CCC[C@@H](c4noc(C)n4)C3)c[nH]c2c1. The standard InChI is InChI=1S/C19H22N4O2/c1-12-5-6-16-15(10-20-17(16)8-12)9-18(24)23-7-3-4-14(11-23)19-21-13(2)25-22-19/h5-6,8,10,14,20H,3-4,7,9,11H2,1-2H3/t14-/m1/s1. The Balaban J connectivity index is 1.48. The van der Waals surface area contributed by atoms with Crippen LogP contribution in [0.2, 0.25) is 0 Å². The number of hydrogen-bond donors (Lipinski definition) is 1. The lowest BCUT2D eigenvalue weighted by molar-refractivity contribution is -0.131. The molecule has 4 rings (SSSR count). The van der Waals surface area contributed by atoms with E-state index in [4.69, 9.17) is 4.52 Å². The molecule has 1 aliphatic heterocycles. The van der Waals surface area contributed by atoms with Crippen LogP contribution >= 0.6 is 0 Å². The quantitative estimate of drug-likeness (QED) is 0.796. The van der Waals surface area contributed by atoms with Crippen molar-refractivity contribution in [1.29, 1.82) is 0 Å². The third-order valence-corrected chi connectivity index (χ3v) is 4.95. The minimum Gasteiger partial charge on any atom is -0.361 e. The van der Waals surface area contributed by atoms with Crippen molar-refractivity contribution < 1.29 is 9.32 Å².